The molecular weight excluding hydrogens is 172 g/mol. The van der Waals surface area contributed by atoms with Crippen molar-refractivity contribution < 1.29 is 0 Å². The quantitative estimate of drug-likeness (QED) is 0.613. The lowest BCUT2D eigenvalue weighted by Gasteiger charge is -2.17. The first-order valence-corrected chi connectivity index (χ1v) is 4.06. The SMILES string of the molecule is Cl.NC1=CC2=NCCCC2=CC1. The molecule has 2 aliphatic rings. The van der Waals surface area contributed by atoms with Gasteiger partial charge in [-0.25, -0.2) is 0 Å². The highest BCUT2D eigenvalue weighted by molar-refractivity contribution is 6.09. The second-order valence-corrected chi connectivity index (χ2v) is 3.02. The van der Waals surface area contributed by atoms with Crippen molar-refractivity contribution in [2.24, 2.45) is 10.7 Å². The van der Waals surface area contributed by atoms with Crippen LogP contribution in [0.2, 0.25) is 0 Å². The summed E-state index contributed by atoms with van der Waals surface area (Å²) in [6.45, 7) is 0.969. The summed E-state index contributed by atoms with van der Waals surface area (Å²) in [6, 6.07) is 0. The fourth-order valence-electron chi connectivity index (χ4n) is 1.52. The Morgan fingerprint density at radius 3 is 3.08 bits per heavy atom. The van der Waals surface area contributed by atoms with Crippen LogP contribution in [0.25, 0.3) is 0 Å². The van der Waals surface area contributed by atoms with Crippen molar-refractivity contribution in [1.82, 2.24) is 0 Å². The third kappa shape index (κ3) is 1.69. The maximum absolute atomic E-state index is 5.68. The number of nitrogens with zero attached hydrogens (tertiary/aromatic N) is 1. The second kappa shape index (κ2) is 3.76. The molecule has 0 aromatic heterocycles. The number of halogens is 1. The van der Waals surface area contributed by atoms with Gasteiger partial charge in [0.15, 0.2) is 0 Å². The smallest absolute Gasteiger partial charge is 0.0620 e. The van der Waals surface area contributed by atoms with Gasteiger partial charge in [0.25, 0.3) is 0 Å². The average Bonchev–Trinajstić information content (AvgIpc) is 2.04. The number of fused-ring (bicyclic) bond motifs is 1. The molecule has 0 spiro atoms. The van der Waals surface area contributed by atoms with E-state index in [4.69, 9.17) is 5.73 Å². The largest absolute Gasteiger partial charge is 0.402 e. The highest BCUT2D eigenvalue weighted by Gasteiger charge is 2.12. The molecule has 0 aromatic carbocycles. The number of nitrogens with two attached hydrogens (primary N) is 1. The first-order chi connectivity index (χ1) is 5.36. The van der Waals surface area contributed by atoms with E-state index in [1.807, 2.05) is 6.08 Å². The van der Waals surface area contributed by atoms with Crippen LogP contribution in [-0.2, 0) is 0 Å². The van der Waals surface area contributed by atoms with E-state index in [9.17, 15) is 0 Å². The van der Waals surface area contributed by atoms with Crippen LogP contribution in [0.3, 0.4) is 0 Å². The van der Waals surface area contributed by atoms with Crippen molar-refractivity contribution in [2.75, 3.05) is 6.54 Å². The Bertz CT molecular complexity index is 264. The van der Waals surface area contributed by atoms with E-state index in [1.54, 1.807) is 0 Å². The van der Waals surface area contributed by atoms with Crippen molar-refractivity contribution >= 4 is 18.1 Å². The molecule has 1 heterocycles. The highest BCUT2D eigenvalue weighted by atomic mass is 35.5. The molecule has 0 radical (unpaired) electrons. The molecular formula is C9H13ClN2. The lowest BCUT2D eigenvalue weighted by atomic mass is 9.95. The van der Waals surface area contributed by atoms with E-state index >= 15 is 0 Å². The van der Waals surface area contributed by atoms with Crippen LogP contribution in [0.1, 0.15) is 19.3 Å². The van der Waals surface area contributed by atoms with Gasteiger partial charge in [0.2, 0.25) is 0 Å². The number of hydrogen-bond acceptors (Lipinski definition) is 2. The van der Waals surface area contributed by atoms with Gasteiger partial charge < -0.3 is 5.73 Å². The second-order valence-electron chi connectivity index (χ2n) is 3.02. The van der Waals surface area contributed by atoms with E-state index in [0.29, 0.717) is 0 Å². The summed E-state index contributed by atoms with van der Waals surface area (Å²) in [5.74, 6) is 0. The predicted molar refractivity (Wildman–Crippen MR) is 53.8 cm³/mol. The van der Waals surface area contributed by atoms with Crippen LogP contribution in [0.4, 0.5) is 0 Å². The van der Waals surface area contributed by atoms with Crippen LogP contribution in [0.5, 0.6) is 0 Å². The molecule has 0 fully saturated rings. The normalized spacial score (nSPS) is 21.2. The summed E-state index contributed by atoms with van der Waals surface area (Å²) in [5, 5.41) is 0. The molecule has 0 bridgehead atoms. The first kappa shape index (κ1) is 9.33. The molecule has 0 aromatic rings. The van der Waals surface area contributed by atoms with E-state index in [2.05, 4.69) is 11.1 Å². The number of rotatable bonds is 0. The number of allylic oxidation sites excluding steroid dienone is 3. The van der Waals surface area contributed by atoms with Crippen LogP contribution >= 0.6 is 12.4 Å². The van der Waals surface area contributed by atoms with Gasteiger partial charge in [-0.3, -0.25) is 4.99 Å². The molecule has 0 unspecified atom stereocenters. The Morgan fingerprint density at radius 2 is 2.25 bits per heavy atom. The molecule has 2 rings (SSSR count). The summed E-state index contributed by atoms with van der Waals surface area (Å²) >= 11 is 0. The van der Waals surface area contributed by atoms with Gasteiger partial charge in [0.05, 0.1) is 5.71 Å². The molecule has 3 heteroatoms. The third-order valence-corrected chi connectivity index (χ3v) is 2.12. The van der Waals surface area contributed by atoms with Crippen LogP contribution in [-0.4, -0.2) is 12.3 Å². The van der Waals surface area contributed by atoms with Crippen LogP contribution < -0.4 is 5.73 Å². The van der Waals surface area contributed by atoms with Gasteiger partial charge in [-0.1, -0.05) is 6.08 Å². The molecule has 0 atom stereocenters. The Kier molecular flexibility index (Phi) is 2.93. The number of aliphatic imine (C=N–C) groups is 1. The first-order valence-electron chi connectivity index (χ1n) is 4.06. The molecule has 2 nitrogen and oxygen atoms in total. The fraction of sp³-hybridized carbons (Fsp3) is 0.444. The Balaban J connectivity index is 0.000000720. The van der Waals surface area contributed by atoms with Gasteiger partial charge in [0.1, 0.15) is 0 Å². The summed E-state index contributed by atoms with van der Waals surface area (Å²) in [4.78, 5) is 4.39. The Labute approximate surface area is 78.7 Å². The molecule has 0 saturated heterocycles. The van der Waals surface area contributed by atoms with Gasteiger partial charge >= 0.3 is 0 Å². The molecule has 2 N–H and O–H groups in total. The van der Waals surface area contributed by atoms with Crippen LogP contribution in [0, 0.1) is 0 Å². The molecule has 1 aliphatic heterocycles. The summed E-state index contributed by atoms with van der Waals surface area (Å²) in [5.41, 5.74) is 9.14. The minimum absolute atomic E-state index is 0. The maximum atomic E-state index is 5.68. The maximum Gasteiger partial charge on any atom is 0.0620 e. The van der Waals surface area contributed by atoms with E-state index in [1.165, 1.54) is 18.4 Å². The van der Waals surface area contributed by atoms with Crippen molar-refractivity contribution in [1.29, 1.82) is 0 Å². The molecule has 1 aliphatic carbocycles. The Morgan fingerprint density at radius 1 is 1.42 bits per heavy atom. The third-order valence-electron chi connectivity index (χ3n) is 2.12. The van der Waals surface area contributed by atoms with E-state index in [-0.39, 0.29) is 12.4 Å². The highest BCUT2D eigenvalue weighted by Crippen LogP contribution is 2.20. The van der Waals surface area contributed by atoms with Crippen molar-refractivity contribution in [3.63, 3.8) is 0 Å². The Hall–Kier alpha value is -0.760. The zero-order valence-corrected chi connectivity index (χ0v) is 7.73. The van der Waals surface area contributed by atoms with E-state index < -0.39 is 0 Å². The van der Waals surface area contributed by atoms with Crippen molar-refractivity contribution in [2.45, 2.75) is 19.3 Å². The topological polar surface area (TPSA) is 38.4 Å². The predicted octanol–water partition coefficient (Wildman–Crippen LogP) is 1.82. The molecule has 66 valence electrons. The van der Waals surface area contributed by atoms with Crippen molar-refractivity contribution in [3.05, 3.63) is 23.4 Å². The van der Waals surface area contributed by atoms with Gasteiger partial charge in [0, 0.05) is 18.7 Å². The lowest BCUT2D eigenvalue weighted by molar-refractivity contribution is 0.809. The monoisotopic (exact) mass is 184 g/mol. The zero-order valence-electron chi connectivity index (χ0n) is 6.92. The molecule has 0 saturated carbocycles. The van der Waals surface area contributed by atoms with E-state index in [0.717, 1.165) is 24.4 Å². The van der Waals surface area contributed by atoms with Gasteiger partial charge in [-0.2, -0.15) is 0 Å². The lowest BCUT2D eigenvalue weighted by Crippen LogP contribution is -2.14. The summed E-state index contributed by atoms with van der Waals surface area (Å²) in [7, 11) is 0. The minimum Gasteiger partial charge on any atom is -0.402 e. The minimum atomic E-state index is 0. The summed E-state index contributed by atoms with van der Waals surface area (Å²) in [6.07, 6.45) is 7.50. The van der Waals surface area contributed by atoms with Gasteiger partial charge in [-0.15, -0.1) is 12.4 Å². The molecule has 0 amide bonds. The summed E-state index contributed by atoms with van der Waals surface area (Å²) < 4.78 is 0. The standard InChI is InChI=1S/C9H12N2.ClH/c10-8-4-3-7-2-1-5-11-9(7)6-8;/h3,6H,1-2,4-5,10H2;1H. The zero-order chi connectivity index (χ0) is 7.68. The van der Waals surface area contributed by atoms with Crippen LogP contribution in [0.15, 0.2) is 28.4 Å². The number of hydrogen-bond donors (Lipinski definition) is 1. The van der Waals surface area contributed by atoms with Crippen molar-refractivity contribution in [3.8, 4) is 0 Å². The van der Waals surface area contributed by atoms with Gasteiger partial charge in [-0.05, 0) is 24.5 Å². The fourth-order valence-corrected chi connectivity index (χ4v) is 1.52. The average molecular weight is 185 g/mol. The molecule has 12 heavy (non-hydrogen) atoms.